The Bertz CT molecular complexity index is 429. The van der Waals surface area contributed by atoms with Crippen LogP contribution in [0.25, 0.3) is 0 Å². The molecular weight excluding hydrogens is 194 g/mol. The average molecular weight is 205 g/mol. The molecule has 0 amide bonds. The predicted octanol–water partition coefficient (Wildman–Crippen LogP) is 0.524. The fourth-order valence-corrected chi connectivity index (χ4v) is 1.10. The van der Waals surface area contributed by atoms with Gasteiger partial charge in [-0.15, -0.1) is 0 Å². The molecule has 0 atom stereocenters. The van der Waals surface area contributed by atoms with Crippen molar-refractivity contribution in [2.75, 3.05) is 13.7 Å². The summed E-state index contributed by atoms with van der Waals surface area (Å²) in [7, 11) is 1.41. The number of hydrogen-bond acceptors (Lipinski definition) is 4. The molecule has 0 aliphatic heterocycles. The number of carbonyl (C=O) groups is 1. The summed E-state index contributed by atoms with van der Waals surface area (Å²) in [4.78, 5) is 10.6. The minimum atomic E-state index is -0.175. The molecule has 1 aromatic carbocycles. The molecule has 0 spiro atoms. The van der Waals surface area contributed by atoms with E-state index in [0.29, 0.717) is 11.8 Å². The highest BCUT2D eigenvalue weighted by Gasteiger charge is 2.08. The van der Waals surface area contributed by atoms with Crippen LogP contribution in [-0.2, 0) is 0 Å². The Hall–Kier alpha value is -1.99. The van der Waals surface area contributed by atoms with Gasteiger partial charge < -0.3 is 15.6 Å². The Morgan fingerprint density at radius 3 is 2.87 bits per heavy atom. The molecule has 0 unspecified atom stereocenters. The van der Waals surface area contributed by atoms with Gasteiger partial charge in [0.1, 0.15) is 0 Å². The van der Waals surface area contributed by atoms with E-state index in [9.17, 15) is 9.90 Å². The van der Waals surface area contributed by atoms with E-state index in [1.807, 2.05) is 0 Å². The molecule has 4 nitrogen and oxygen atoms in total. The molecule has 0 saturated carbocycles. The number of nitrogens with two attached hydrogens (primary N) is 1. The molecule has 0 bridgehead atoms. The summed E-state index contributed by atoms with van der Waals surface area (Å²) in [5.74, 6) is 5.46. The zero-order valence-corrected chi connectivity index (χ0v) is 8.28. The van der Waals surface area contributed by atoms with Crippen LogP contribution in [0.1, 0.15) is 15.9 Å². The second kappa shape index (κ2) is 5.03. The highest BCUT2D eigenvalue weighted by Crippen LogP contribution is 2.29. The van der Waals surface area contributed by atoms with Gasteiger partial charge in [-0.05, 0) is 12.1 Å². The zero-order valence-electron chi connectivity index (χ0n) is 8.28. The van der Waals surface area contributed by atoms with Gasteiger partial charge in [0, 0.05) is 5.56 Å². The smallest absolute Gasteiger partial charge is 0.168 e. The van der Waals surface area contributed by atoms with Crippen LogP contribution in [-0.4, -0.2) is 25.0 Å². The zero-order chi connectivity index (χ0) is 11.3. The highest BCUT2D eigenvalue weighted by atomic mass is 16.5. The van der Waals surface area contributed by atoms with Crippen molar-refractivity contribution in [3.63, 3.8) is 0 Å². The lowest BCUT2D eigenvalue weighted by Gasteiger charge is -2.05. The molecule has 15 heavy (non-hydrogen) atoms. The average Bonchev–Trinajstić information content (AvgIpc) is 2.27. The second-order valence-corrected chi connectivity index (χ2v) is 2.74. The monoisotopic (exact) mass is 205 g/mol. The number of ether oxygens (including phenoxy) is 1. The Kier molecular flexibility index (Phi) is 3.72. The Labute approximate surface area is 87.7 Å². The second-order valence-electron chi connectivity index (χ2n) is 2.74. The fraction of sp³-hybridized carbons (Fsp3) is 0.182. The Balaban J connectivity index is 3.26. The van der Waals surface area contributed by atoms with Gasteiger partial charge in [0.05, 0.1) is 19.2 Å². The van der Waals surface area contributed by atoms with Gasteiger partial charge in [-0.3, -0.25) is 4.79 Å². The number of aromatic hydroxyl groups is 1. The van der Waals surface area contributed by atoms with E-state index in [2.05, 4.69) is 11.8 Å². The molecule has 0 aliphatic rings. The molecule has 0 aliphatic carbocycles. The van der Waals surface area contributed by atoms with E-state index >= 15 is 0 Å². The number of carbonyl (C=O) groups excluding carboxylic acids is 1. The summed E-state index contributed by atoms with van der Waals surface area (Å²) >= 11 is 0. The summed E-state index contributed by atoms with van der Waals surface area (Å²) in [5.41, 5.74) is 5.95. The lowest BCUT2D eigenvalue weighted by Crippen LogP contribution is -1.94. The van der Waals surface area contributed by atoms with Gasteiger partial charge in [-0.1, -0.05) is 11.8 Å². The van der Waals surface area contributed by atoms with Crippen LogP contribution in [0.5, 0.6) is 11.5 Å². The highest BCUT2D eigenvalue weighted by molar-refractivity contribution is 5.82. The third-order valence-electron chi connectivity index (χ3n) is 1.79. The number of methoxy groups -OCH3 is 1. The third kappa shape index (κ3) is 2.48. The van der Waals surface area contributed by atoms with E-state index in [-0.39, 0.29) is 23.6 Å². The number of aldehydes is 1. The van der Waals surface area contributed by atoms with Crippen LogP contribution in [0.4, 0.5) is 0 Å². The van der Waals surface area contributed by atoms with Crippen molar-refractivity contribution in [1.82, 2.24) is 0 Å². The molecule has 4 heteroatoms. The Morgan fingerprint density at radius 1 is 1.60 bits per heavy atom. The molecule has 0 radical (unpaired) electrons. The molecule has 0 heterocycles. The van der Waals surface area contributed by atoms with E-state index < -0.39 is 0 Å². The van der Waals surface area contributed by atoms with E-state index in [1.165, 1.54) is 13.2 Å². The molecule has 0 saturated heterocycles. The SMILES string of the molecule is COc1cc(C#CCN)cc(C=O)c1O. The first-order valence-electron chi connectivity index (χ1n) is 4.28. The third-order valence-corrected chi connectivity index (χ3v) is 1.79. The Morgan fingerprint density at radius 2 is 2.33 bits per heavy atom. The largest absolute Gasteiger partial charge is 0.504 e. The van der Waals surface area contributed by atoms with Crippen LogP contribution in [0.2, 0.25) is 0 Å². The lowest BCUT2D eigenvalue weighted by molar-refractivity contribution is 0.112. The van der Waals surface area contributed by atoms with E-state index in [1.54, 1.807) is 6.07 Å². The molecule has 0 fully saturated rings. The van der Waals surface area contributed by atoms with Crippen LogP contribution < -0.4 is 10.5 Å². The summed E-state index contributed by atoms with van der Waals surface area (Å²) in [6, 6.07) is 3.03. The number of benzene rings is 1. The number of phenolic OH excluding ortho intramolecular Hbond substituents is 1. The van der Waals surface area contributed by atoms with Gasteiger partial charge in [0.15, 0.2) is 17.8 Å². The van der Waals surface area contributed by atoms with Crippen molar-refractivity contribution in [2.24, 2.45) is 5.73 Å². The van der Waals surface area contributed by atoms with E-state index in [4.69, 9.17) is 10.5 Å². The first-order valence-corrected chi connectivity index (χ1v) is 4.28. The van der Waals surface area contributed by atoms with Crippen molar-refractivity contribution in [3.8, 4) is 23.3 Å². The van der Waals surface area contributed by atoms with Gasteiger partial charge >= 0.3 is 0 Å². The molecule has 3 N–H and O–H groups in total. The quantitative estimate of drug-likeness (QED) is 0.545. The first-order chi connectivity index (χ1) is 7.22. The standard InChI is InChI=1S/C11H11NO3/c1-15-10-6-8(3-2-4-12)5-9(7-13)11(10)14/h5-7,14H,4,12H2,1H3. The van der Waals surface area contributed by atoms with Crippen molar-refractivity contribution in [1.29, 1.82) is 0 Å². The minimum Gasteiger partial charge on any atom is -0.504 e. The minimum absolute atomic E-state index is 0.149. The maximum absolute atomic E-state index is 10.6. The predicted molar refractivity (Wildman–Crippen MR) is 56.0 cm³/mol. The van der Waals surface area contributed by atoms with Crippen LogP contribution in [0, 0.1) is 11.8 Å². The topological polar surface area (TPSA) is 72.5 Å². The number of phenols is 1. The maximum atomic E-state index is 10.6. The summed E-state index contributed by atoms with van der Waals surface area (Å²) in [5, 5.41) is 9.51. The lowest BCUT2D eigenvalue weighted by atomic mass is 10.1. The number of rotatable bonds is 2. The number of hydrogen-bond donors (Lipinski definition) is 2. The van der Waals surface area contributed by atoms with Crippen LogP contribution in [0.15, 0.2) is 12.1 Å². The van der Waals surface area contributed by atoms with Crippen molar-refractivity contribution >= 4 is 6.29 Å². The first kappa shape index (κ1) is 11.1. The molecule has 0 aromatic heterocycles. The van der Waals surface area contributed by atoms with Gasteiger partial charge in [0.2, 0.25) is 0 Å². The van der Waals surface area contributed by atoms with Gasteiger partial charge in [0.25, 0.3) is 0 Å². The van der Waals surface area contributed by atoms with Crippen LogP contribution in [0.3, 0.4) is 0 Å². The van der Waals surface area contributed by atoms with Crippen molar-refractivity contribution in [3.05, 3.63) is 23.3 Å². The molecular formula is C11H11NO3. The normalized spacial score (nSPS) is 8.93. The van der Waals surface area contributed by atoms with Gasteiger partial charge in [-0.25, -0.2) is 0 Å². The summed E-state index contributed by atoms with van der Waals surface area (Å²) in [6.07, 6.45) is 0.547. The van der Waals surface area contributed by atoms with Crippen LogP contribution >= 0.6 is 0 Å². The van der Waals surface area contributed by atoms with Crippen molar-refractivity contribution in [2.45, 2.75) is 0 Å². The molecule has 1 rings (SSSR count). The fourth-order valence-electron chi connectivity index (χ4n) is 1.10. The molecule has 1 aromatic rings. The maximum Gasteiger partial charge on any atom is 0.168 e. The van der Waals surface area contributed by atoms with E-state index in [0.717, 1.165) is 0 Å². The summed E-state index contributed by atoms with van der Waals surface area (Å²) < 4.78 is 4.90. The molecule has 78 valence electrons. The van der Waals surface area contributed by atoms with Gasteiger partial charge in [-0.2, -0.15) is 0 Å². The van der Waals surface area contributed by atoms with Crippen molar-refractivity contribution < 1.29 is 14.6 Å². The summed E-state index contributed by atoms with van der Waals surface area (Å²) in [6.45, 7) is 0.236.